The zero-order chi connectivity index (χ0) is 19.4. The number of carbonyl (C=O) groups excluding carboxylic acids is 2. The highest BCUT2D eigenvalue weighted by Gasteiger charge is 2.31. The quantitative estimate of drug-likeness (QED) is 0.459. The molecule has 1 amide bonds. The molecule has 2 heterocycles. The third kappa shape index (κ3) is 4.46. The molecule has 7 heteroatoms. The number of carbonyl (C=O) groups is 2. The van der Waals surface area contributed by atoms with Gasteiger partial charge < -0.3 is 9.80 Å². The molecule has 0 bridgehead atoms. The van der Waals surface area contributed by atoms with E-state index < -0.39 is 4.92 Å². The Hall–Kier alpha value is -2.44. The second-order valence-electron chi connectivity index (χ2n) is 7.52. The minimum atomic E-state index is -0.434. The van der Waals surface area contributed by atoms with Crippen LogP contribution < -0.4 is 4.90 Å². The summed E-state index contributed by atoms with van der Waals surface area (Å²) in [5.41, 5.74) is 0.836. The van der Waals surface area contributed by atoms with Gasteiger partial charge >= 0.3 is 0 Å². The average Bonchev–Trinajstić information content (AvgIpc) is 2.96. The second-order valence-corrected chi connectivity index (χ2v) is 7.52. The number of rotatable bonds is 4. The van der Waals surface area contributed by atoms with Gasteiger partial charge in [0.2, 0.25) is 5.91 Å². The van der Waals surface area contributed by atoms with Crippen LogP contribution in [0, 0.1) is 16.0 Å². The van der Waals surface area contributed by atoms with Gasteiger partial charge in [0.1, 0.15) is 5.69 Å². The third-order valence-corrected chi connectivity index (χ3v) is 5.68. The van der Waals surface area contributed by atoms with Crippen LogP contribution in [0.15, 0.2) is 18.2 Å². The first-order valence-corrected chi connectivity index (χ1v) is 9.80. The topological polar surface area (TPSA) is 83.8 Å². The molecule has 146 valence electrons. The monoisotopic (exact) mass is 373 g/mol. The number of amides is 1. The van der Waals surface area contributed by atoms with Crippen molar-refractivity contribution in [1.29, 1.82) is 0 Å². The Morgan fingerprint density at radius 1 is 1.04 bits per heavy atom. The van der Waals surface area contributed by atoms with Crippen molar-refractivity contribution in [3.05, 3.63) is 33.9 Å². The number of Topliss-reactive ketones (excluding diaryl/α,β-unsaturated/α-hetero) is 1. The van der Waals surface area contributed by atoms with Gasteiger partial charge in [-0.2, -0.15) is 0 Å². The fraction of sp³-hybridized carbons (Fsp3) is 0.600. The van der Waals surface area contributed by atoms with E-state index in [0.29, 0.717) is 37.2 Å². The number of likely N-dealkylation sites (tertiary alicyclic amines) is 1. The van der Waals surface area contributed by atoms with Crippen molar-refractivity contribution in [2.24, 2.45) is 5.92 Å². The molecular weight excluding hydrogens is 346 g/mol. The molecule has 0 N–H and O–H groups in total. The Labute approximate surface area is 159 Å². The summed E-state index contributed by atoms with van der Waals surface area (Å²) in [7, 11) is 0. The lowest BCUT2D eigenvalue weighted by Crippen LogP contribution is -2.43. The van der Waals surface area contributed by atoms with Crippen LogP contribution in [0.5, 0.6) is 0 Å². The van der Waals surface area contributed by atoms with Crippen molar-refractivity contribution in [3.8, 4) is 0 Å². The van der Waals surface area contributed by atoms with Crippen LogP contribution in [-0.4, -0.2) is 47.7 Å². The summed E-state index contributed by atoms with van der Waals surface area (Å²) < 4.78 is 0. The lowest BCUT2D eigenvalue weighted by Gasteiger charge is -2.35. The highest BCUT2D eigenvalue weighted by atomic mass is 16.6. The van der Waals surface area contributed by atoms with Crippen molar-refractivity contribution in [3.63, 3.8) is 0 Å². The van der Waals surface area contributed by atoms with E-state index in [1.807, 2.05) is 9.80 Å². The summed E-state index contributed by atoms with van der Waals surface area (Å²) >= 11 is 0. The highest BCUT2D eigenvalue weighted by molar-refractivity contribution is 5.95. The maximum Gasteiger partial charge on any atom is 0.293 e. The fourth-order valence-corrected chi connectivity index (χ4v) is 4.07. The van der Waals surface area contributed by atoms with Gasteiger partial charge in [-0.3, -0.25) is 19.7 Å². The molecule has 1 aromatic carbocycles. The van der Waals surface area contributed by atoms with E-state index in [9.17, 15) is 19.7 Å². The van der Waals surface area contributed by atoms with Crippen LogP contribution in [0.25, 0.3) is 0 Å². The average molecular weight is 373 g/mol. The van der Waals surface area contributed by atoms with Gasteiger partial charge in [0.05, 0.1) is 4.92 Å². The molecule has 2 aliphatic heterocycles. The van der Waals surface area contributed by atoms with Crippen LogP contribution in [0.1, 0.15) is 55.8 Å². The molecular formula is C20H27N3O4. The number of hydrogen-bond acceptors (Lipinski definition) is 5. The van der Waals surface area contributed by atoms with E-state index in [4.69, 9.17) is 0 Å². The van der Waals surface area contributed by atoms with Gasteiger partial charge in [-0.05, 0) is 44.7 Å². The van der Waals surface area contributed by atoms with Crippen LogP contribution in [-0.2, 0) is 4.79 Å². The zero-order valence-electron chi connectivity index (χ0n) is 15.9. The number of nitrogens with zero attached hydrogens (tertiary/aromatic N) is 3. The zero-order valence-corrected chi connectivity index (χ0v) is 15.9. The Kier molecular flexibility index (Phi) is 6.08. The summed E-state index contributed by atoms with van der Waals surface area (Å²) in [5, 5.41) is 11.5. The molecule has 2 aliphatic rings. The van der Waals surface area contributed by atoms with Crippen molar-refractivity contribution in [2.75, 3.05) is 31.1 Å². The number of benzene rings is 1. The number of hydrogen-bond donors (Lipinski definition) is 0. The van der Waals surface area contributed by atoms with E-state index in [1.165, 1.54) is 25.8 Å². The van der Waals surface area contributed by atoms with E-state index in [1.54, 1.807) is 12.1 Å². The Morgan fingerprint density at radius 3 is 2.22 bits per heavy atom. The molecule has 0 spiro atoms. The van der Waals surface area contributed by atoms with Gasteiger partial charge in [-0.25, -0.2) is 0 Å². The van der Waals surface area contributed by atoms with Gasteiger partial charge in [0.15, 0.2) is 5.78 Å². The number of piperidine rings is 1. The minimum absolute atomic E-state index is 0.00917. The normalized spacial score (nSPS) is 18.9. The number of nitro benzene ring substituents is 1. The Balaban J connectivity index is 1.67. The Morgan fingerprint density at radius 2 is 1.67 bits per heavy atom. The predicted octanol–water partition coefficient (Wildman–Crippen LogP) is 3.42. The Bertz CT molecular complexity index is 718. The summed E-state index contributed by atoms with van der Waals surface area (Å²) in [6.07, 6.45) is 5.98. The molecule has 27 heavy (non-hydrogen) atoms. The van der Waals surface area contributed by atoms with Gasteiger partial charge in [0, 0.05) is 43.7 Å². The molecule has 0 atom stereocenters. The molecule has 0 aliphatic carbocycles. The van der Waals surface area contributed by atoms with Crippen molar-refractivity contribution < 1.29 is 14.5 Å². The molecule has 3 rings (SSSR count). The van der Waals surface area contributed by atoms with Crippen molar-refractivity contribution >= 4 is 23.1 Å². The molecule has 1 aromatic rings. The second kappa shape index (κ2) is 8.50. The largest absolute Gasteiger partial charge is 0.366 e. The minimum Gasteiger partial charge on any atom is -0.366 e. The SMILES string of the molecule is CC(=O)c1ccc(N2CCC(C(=O)N3CCCCCC3)CC2)c([N+](=O)[O-])c1. The maximum atomic E-state index is 12.8. The van der Waals surface area contributed by atoms with E-state index >= 15 is 0 Å². The summed E-state index contributed by atoms with van der Waals surface area (Å²) in [6, 6.07) is 4.65. The van der Waals surface area contributed by atoms with Crippen LogP contribution in [0.3, 0.4) is 0 Å². The molecule has 7 nitrogen and oxygen atoms in total. The standard InChI is InChI=1S/C20H27N3O4/c1-15(24)17-6-7-18(19(14-17)23(26)27)21-12-8-16(9-13-21)20(25)22-10-4-2-3-5-11-22/h6-7,14,16H,2-5,8-13H2,1H3. The summed E-state index contributed by atoms with van der Waals surface area (Å²) in [5.74, 6) is 0.0688. The number of nitro groups is 1. The summed E-state index contributed by atoms with van der Waals surface area (Å²) in [4.78, 5) is 39.3. The van der Waals surface area contributed by atoms with Gasteiger partial charge in [0.25, 0.3) is 5.69 Å². The number of ketones is 1. The molecule has 0 radical (unpaired) electrons. The van der Waals surface area contributed by atoms with Gasteiger partial charge in [-0.15, -0.1) is 0 Å². The molecule has 2 fully saturated rings. The first-order chi connectivity index (χ1) is 13.0. The van der Waals surface area contributed by atoms with E-state index in [0.717, 1.165) is 25.9 Å². The predicted molar refractivity (Wildman–Crippen MR) is 103 cm³/mol. The molecule has 2 saturated heterocycles. The van der Waals surface area contributed by atoms with Crippen LogP contribution in [0.4, 0.5) is 11.4 Å². The number of anilines is 1. The van der Waals surface area contributed by atoms with Crippen molar-refractivity contribution in [1.82, 2.24) is 4.90 Å². The van der Waals surface area contributed by atoms with Crippen molar-refractivity contribution in [2.45, 2.75) is 45.4 Å². The fourth-order valence-electron chi connectivity index (χ4n) is 4.07. The van der Waals surface area contributed by atoms with Crippen LogP contribution in [0.2, 0.25) is 0 Å². The first-order valence-electron chi connectivity index (χ1n) is 9.80. The molecule has 0 saturated carbocycles. The lowest BCUT2D eigenvalue weighted by atomic mass is 9.94. The van der Waals surface area contributed by atoms with Gasteiger partial charge in [-0.1, -0.05) is 12.8 Å². The van der Waals surface area contributed by atoms with E-state index in [2.05, 4.69) is 0 Å². The molecule has 0 unspecified atom stereocenters. The lowest BCUT2D eigenvalue weighted by molar-refractivity contribution is -0.384. The molecule has 0 aromatic heterocycles. The first kappa shape index (κ1) is 19.3. The van der Waals surface area contributed by atoms with E-state index in [-0.39, 0.29) is 23.3 Å². The van der Waals surface area contributed by atoms with Crippen LogP contribution >= 0.6 is 0 Å². The highest BCUT2D eigenvalue weighted by Crippen LogP contribution is 2.33. The third-order valence-electron chi connectivity index (χ3n) is 5.68. The summed E-state index contributed by atoms with van der Waals surface area (Å²) in [6.45, 7) is 4.35. The maximum absolute atomic E-state index is 12.8. The smallest absolute Gasteiger partial charge is 0.293 e.